The monoisotopic (exact) mass is 289 g/mol. The molecule has 1 aromatic heterocycles. The number of nitrogens with two attached hydrogens (primary N) is 1. The number of methoxy groups -OCH3 is 1. The first-order chi connectivity index (χ1) is 8.74. The fourth-order valence-electron chi connectivity index (χ4n) is 1.84. The molecule has 0 saturated carbocycles. The molecule has 0 radical (unpaired) electrons. The molecule has 3 atom stereocenters. The third-order valence-electron chi connectivity index (χ3n) is 2.92. The smallest absolute Gasteiger partial charge is 0.229 e. The van der Waals surface area contributed by atoms with Gasteiger partial charge >= 0.3 is 0 Å². The Balaban J connectivity index is 2.00. The van der Waals surface area contributed by atoms with Crippen LogP contribution in [0.5, 0.6) is 0 Å². The van der Waals surface area contributed by atoms with Gasteiger partial charge in [0, 0.05) is 30.4 Å². The fraction of sp³-hybridized carbons (Fsp3) is 0.818. The van der Waals surface area contributed by atoms with E-state index in [9.17, 15) is 0 Å². The topological polar surface area (TPSA) is 74.2 Å². The highest BCUT2D eigenvalue weighted by molar-refractivity contribution is 8.06. The van der Waals surface area contributed by atoms with E-state index in [1.807, 2.05) is 23.5 Å². The van der Waals surface area contributed by atoms with Gasteiger partial charge in [0.1, 0.15) is 0 Å². The molecule has 2 rings (SSSR count). The van der Waals surface area contributed by atoms with Crippen LogP contribution in [0.1, 0.15) is 23.9 Å². The lowest BCUT2D eigenvalue weighted by Crippen LogP contribution is -2.24. The number of rotatable bonds is 5. The van der Waals surface area contributed by atoms with Gasteiger partial charge in [-0.3, -0.25) is 0 Å². The number of hydrogen-bond acceptors (Lipinski definition) is 7. The molecule has 1 aliphatic heterocycles. The zero-order valence-electron chi connectivity index (χ0n) is 10.7. The molecule has 3 unspecified atom stereocenters. The minimum Gasteiger partial charge on any atom is -0.380 e. The number of aromatic nitrogens is 2. The molecule has 1 aromatic rings. The second-order valence-electron chi connectivity index (χ2n) is 4.21. The lowest BCUT2D eigenvalue weighted by atomic mass is 10.2. The predicted molar refractivity (Wildman–Crippen MR) is 75.0 cm³/mol. The number of thioether (sulfide) groups is 2. The molecule has 2 heterocycles. The van der Waals surface area contributed by atoms with E-state index in [0.29, 0.717) is 29.4 Å². The van der Waals surface area contributed by atoms with Crippen molar-refractivity contribution in [2.75, 3.05) is 25.2 Å². The summed E-state index contributed by atoms with van der Waals surface area (Å²) in [4.78, 5) is 4.47. The van der Waals surface area contributed by atoms with Gasteiger partial charge in [0.15, 0.2) is 5.82 Å². The molecular weight excluding hydrogens is 270 g/mol. The second kappa shape index (κ2) is 6.79. The minimum absolute atomic E-state index is 0.0518. The van der Waals surface area contributed by atoms with E-state index >= 15 is 0 Å². The number of nitrogens with zero attached hydrogens (tertiary/aromatic N) is 2. The van der Waals surface area contributed by atoms with Crippen molar-refractivity contribution in [3.63, 3.8) is 0 Å². The lowest BCUT2D eigenvalue weighted by molar-refractivity contribution is 0.102. The van der Waals surface area contributed by atoms with Crippen molar-refractivity contribution in [3.8, 4) is 0 Å². The molecule has 18 heavy (non-hydrogen) atoms. The van der Waals surface area contributed by atoms with Gasteiger partial charge in [0.2, 0.25) is 5.89 Å². The maximum Gasteiger partial charge on any atom is 0.229 e. The summed E-state index contributed by atoms with van der Waals surface area (Å²) in [5, 5.41) is 4.96. The Bertz CT molecular complexity index is 371. The van der Waals surface area contributed by atoms with Gasteiger partial charge < -0.3 is 15.0 Å². The predicted octanol–water partition coefficient (Wildman–Crippen LogP) is 1.50. The van der Waals surface area contributed by atoms with Crippen LogP contribution in [0.25, 0.3) is 0 Å². The second-order valence-corrected chi connectivity index (χ2v) is 6.95. The maximum absolute atomic E-state index is 5.58. The van der Waals surface area contributed by atoms with E-state index in [-0.39, 0.29) is 6.10 Å². The summed E-state index contributed by atoms with van der Waals surface area (Å²) in [6.45, 7) is 2.67. The van der Waals surface area contributed by atoms with Crippen LogP contribution in [-0.4, -0.2) is 46.7 Å². The summed E-state index contributed by atoms with van der Waals surface area (Å²) in [7, 11) is 1.64. The van der Waals surface area contributed by atoms with Crippen LogP contribution in [0, 0.1) is 0 Å². The van der Waals surface area contributed by atoms with Crippen molar-refractivity contribution in [3.05, 3.63) is 11.7 Å². The van der Waals surface area contributed by atoms with Crippen LogP contribution in [0.4, 0.5) is 0 Å². The van der Waals surface area contributed by atoms with Crippen molar-refractivity contribution < 1.29 is 9.26 Å². The summed E-state index contributed by atoms with van der Waals surface area (Å²) in [6.07, 6.45) is 0.531. The first-order valence-electron chi connectivity index (χ1n) is 6.03. The highest BCUT2D eigenvalue weighted by atomic mass is 32.2. The molecule has 0 amide bonds. The Hall–Kier alpha value is -0.240. The Labute approximate surface area is 116 Å². The molecule has 1 aliphatic rings. The highest BCUT2D eigenvalue weighted by Gasteiger charge is 2.28. The molecule has 7 heteroatoms. The van der Waals surface area contributed by atoms with Crippen molar-refractivity contribution in [2.45, 2.75) is 29.9 Å². The highest BCUT2D eigenvalue weighted by Crippen LogP contribution is 2.41. The van der Waals surface area contributed by atoms with Crippen LogP contribution < -0.4 is 5.73 Å². The Morgan fingerprint density at radius 3 is 2.94 bits per heavy atom. The molecule has 2 N–H and O–H groups in total. The normalized spacial score (nSPS) is 26.2. The SMILES string of the molecule is COC(CN)Cc1nc(C2SCCSC2C)no1. The quantitative estimate of drug-likeness (QED) is 0.880. The van der Waals surface area contributed by atoms with Gasteiger partial charge in [0.05, 0.1) is 17.8 Å². The van der Waals surface area contributed by atoms with Crippen LogP contribution in [0.2, 0.25) is 0 Å². The first kappa shape index (κ1) is 14.2. The van der Waals surface area contributed by atoms with E-state index < -0.39 is 0 Å². The molecular formula is C11H19N3O2S2. The maximum atomic E-state index is 5.58. The van der Waals surface area contributed by atoms with Gasteiger partial charge in [-0.15, -0.1) is 11.8 Å². The van der Waals surface area contributed by atoms with E-state index in [4.69, 9.17) is 15.0 Å². The van der Waals surface area contributed by atoms with Gasteiger partial charge in [-0.2, -0.15) is 16.7 Å². The largest absolute Gasteiger partial charge is 0.380 e. The molecule has 0 spiro atoms. The van der Waals surface area contributed by atoms with Crippen molar-refractivity contribution in [1.29, 1.82) is 0 Å². The number of ether oxygens (including phenoxy) is 1. The molecule has 5 nitrogen and oxygen atoms in total. The number of hydrogen-bond donors (Lipinski definition) is 1. The van der Waals surface area contributed by atoms with Crippen molar-refractivity contribution in [1.82, 2.24) is 10.1 Å². The van der Waals surface area contributed by atoms with Crippen LogP contribution >= 0.6 is 23.5 Å². The zero-order chi connectivity index (χ0) is 13.0. The summed E-state index contributed by atoms with van der Waals surface area (Å²) in [5.74, 6) is 3.77. The van der Waals surface area contributed by atoms with Crippen LogP contribution in [0.3, 0.4) is 0 Å². The summed E-state index contributed by atoms with van der Waals surface area (Å²) in [6, 6.07) is 0. The fourth-order valence-corrected chi connectivity index (χ4v) is 4.52. The van der Waals surface area contributed by atoms with Crippen molar-refractivity contribution >= 4 is 23.5 Å². The summed E-state index contributed by atoms with van der Waals surface area (Å²) >= 11 is 3.87. The lowest BCUT2D eigenvalue weighted by Gasteiger charge is -2.24. The van der Waals surface area contributed by atoms with E-state index in [2.05, 4.69) is 17.1 Å². The Morgan fingerprint density at radius 1 is 1.50 bits per heavy atom. The van der Waals surface area contributed by atoms with Gasteiger partial charge in [0.25, 0.3) is 0 Å². The van der Waals surface area contributed by atoms with Gasteiger partial charge in [-0.25, -0.2) is 0 Å². The summed E-state index contributed by atoms with van der Waals surface area (Å²) in [5.41, 5.74) is 5.58. The first-order valence-corrected chi connectivity index (χ1v) is 8.13. The Kier molecular flexibility index (Phi) is 5.35. The van der Waals surface area contributed by atoms with Crippen molar-refractivity contribution in [2.24, 2.45) is 5.73 Å². The molecule has 102 valence electrons. The van der Waals surface area contributed by atoms with Gasteiger partial charge in [-0.1, -0.05) is 12.1 Å². The molecule has 0 bridgehead atoms. The van der Waals surface area contributed by atoms with E-state index in [1.165, 1.54) is 5.75 Å². The van der Waals surface area contributed by atoms with Crippen LogP contribution in [-0.2, 0) is 11.2 Å². The Morgan fingerprint density at radius 2 is 2.28 bits per heavy atom. The molecule has 1 saturated heterocycles. The van der Waals surface area contributed by atoms with Gasteiger partial charge in [-0.05, 0) is 0 Å². The van der Waals surface area contributed by atoms with E-state index in [1.54, 1.807) is 7.11 Å². The minimum atomic E-state index is -0.0518. The van der Waals surface area contributed by atoms with Crippen LogP contribution in [0.15, 0.2) is 4.52 Å². The molecule has 0 aliphatic carbocycles. The third kappa shape index (κ3) is 3.40. The molecule has 0 aromatic carbocycles. The van der Waals surface area contributed by atoms with E-state index in [0.717, 1.165) is 11.6 Å². The standard InChI is InChI=1S/C11H19N3O2S2/c1-7-10(18-4-3-17-7)11-13-9(16-14-11)5-8(6-12)15-2/h7-8,10H,3-6,12H2,1-2H3. The third-order valence-corrected chi connectivity index (χ3v) is 6.01. The summed E-state index contributed by atoms with van der Waals surface area (Å²) < 4.78 is 10.5. The molecule has 1 fully saturated rings. The average molecular weight is 289 g/mol. The zero-order valence-corrected chi connectivity index (χ0v) is 12.3. The average Bonchev–Trinajstić information content (AvgIpc) is 2.85.